The Balaban J connectivity index is 2.46. The standard InChI is InChI=1S/C11H11ClN2O4S3/c1-2-20(15,16)9-6-4-3-5-8(9)14-21(17,18)10-7-13-11(12)19-10/h3-7,14H,2H2,1H3. The quantitative estimate of drug-likeness (QED) is 0.876. The van der Waals surface area contributed by atoms with Crippen molar-refractivity contribution in [2.24, 2.45) is 0 Å². The number of aromatic nitrogens is 1. The van der Waals surface area contributed by atoms with E-state index in [2.05, 4.69) is 9.71 Å². The topological polar surface area (TPSA) is 93.2 Å². The Kier molecular flexibility index (Phi) is 4.57. The Morgan fingerprint density at radius 3 is 2.48 bits per heavy atom. The summed E-state index contributed by atoms with van der Waals surface area (Å²) >= 11 is 6.40. The lowest BCUT2D eigenvalue weighted by molar-refractivity contribution is 0.597. The first kappa shape index (κ1) is 16.2. The highest BCUT2D eigenvalue weighted by Gasteiger charge is 2.22. The van der Waals surface area contributed by atoms with Crippen LogP contribution in [0.15, 0.2) is 39.6 Å². The van der Waals surface area contributed by atoms with Crippen LogP contribution in [-0.2, 0) is 19.9 Å². The van der Waals surface area contributed by atoms with E-state index in [1.54, 1.807) is 6.07 Å². The fourth-order valence-corrected chi connectivity index (χ4v) is 5.02. The Morgan fingerprint density at radius 1 is 1.24 bits per heavy atom. The summed E-state index contributed by atoms with van der Waals surface area (Å²) in [6, 6.07) is 5.83. The number of hydrogen-bond donors (Lipinski definition) is 1. The molecule has 0 aliphatic carbocycles. The number of benzene rings is 1. The second-order valence-corrected chi connectivity index (χ2v) is 9.71. The van der Waals surface area contributed by atoms with Crippen molar-refractivity contribution in [1.29, 1.82) is 0 Å². The van der Waals surface area contributed by atoms with Crippen LogP contribution in [0.3, 0.4) is 0 Å². The van der Waals surface area contributed by atoms with Gasteiger partial charge >= 0.3 is 0 Å². The summed E-state index contributed by atoms with van der Waals surface area (Å²) in [6.07, 6.45) is 1.12. The molecule has 1 N–H and O–H groups in total. The van der Waals surface area contributed by atoms with Gasteiger partial charge in [-0.05, 0) is 12.1 Å². The molecule has 0 bridgehead atoms. The van der Waals surface area contributed by atoms with Gasteiger partial charge in [-0.2, -0.15) is 0 Å². The van der Waals surface area contributed by atoms with Crippen molar-refractivity contribution in [3.8, 4) is 0 Å². The first-order valence-electron chi connectivity index (χ1n) is 5.72. The SMILES string of the molecule is CCS(=O)(=O)c1ccccc1NS(=O)(=O)c1cnc(Cl)s1. The minimum Gasteiger partial charge on any atom is -0.278 e. The Hall–Kier alpha value is -1.16. The van der Waals surface area contributed by atoms with Crippen LogP contribution in [0.2, 0.25) is 4.47 Å². The molecule has 0 aliphatic rings. The van der Waals surface area contributed by atoms with Gasteiger partial charge in [0, 0.05) is 0 Å². The van der Waals surface area contributed by atoms with Gasteiger partial charge in [0.05, 0.1) is 22.5 Å². The minimum absolute atomic E-state index is 0.00359. The molecule has 1 heterocycles. The number of nitrogens with zero attached hydrogens (tertiary/aromatic N) is 1. The number of thiazole rings is 1. The van der Waals surface area contributed by atoms with Gasteiger partial charge in [-0.3, -0.25) is 4.72 Å². The fourth-order valence-electron chi connectivity index (χ4n) is 1.54. The predicted molar refractivity (Wildman–Crippen MR) is 82.1 cm³/mol. The maximum Gasteiger partial charge on any atom is 0.273 e. The van der Waals surface area contributed by atoms with Crippen LogP contribution in [-0.4, -0.2) is 27.6 Å². The lowest BCUT2D eigenvalue weighted by atomic mass is 10.3. The average molecular weight is 367 g/mol. The summed E-state index contributed by atoms with van der Waals surface area (Å²) in [4.78, 5) is 3.60. The van der Waals surface area contributed by atoms with Crippen molar-refractivity contribution >= 4 is 48.5 Å². The van der Waals surface area contributed by atoms with E-state index in [0.29, 0.717) is 0 Å². The van der Waals surface area contributed by atoms with Crippen molar-refractivity contribution in [2.45, 2.75) is 16.0 Å². The van der Waals surface area contributed by atoms with E-state index < -0.39 is 19.9 Å². The number of hydrogen-bond acceptors (Lipinski definition) is 6. The molecule has 0 atom stereocenters. The van der Waals surface area contributed by atoms with Crippen molar-refractivity contribution in [2.75, 3.05) is 10.5 Å². The maximum absolute atomic E-state index is 12.2. The number of halogens is 1. The average Bonchev–Trinajstić information content (AvgIpc) is 2.86. The lowest BCUT2D eigenvalue weighted by Gasteiger charge is -2.11. The molecule has 0 spiro atoms. The molecule has 0 radical (unpaired) electrons. The molecule has 0 unspecified atom stereocenters. The maximum atomic E-state index is 12.2. The highest BCUT2D eigenvalue weighted by molar-refractivity contribution is 7.95. The van der Waals surface area contributed by atoms with Gasteiger partial charge in [0.25, 0.3) is 10.0 Å². The molecule has 2 aromatic rings. The molecule has 1 aromatic carbocycles. The number of sulfone groups is 1. The number of para-hydroxylation sites is 1. The fraction of sp³-hybridized carbons (Fsp3) is 0.182. The third-order valence-corrected chi connectivity index (χ3v) is 7.30. The first-order chi connectivity index (χ1) is 9.76. The smallest absolute Gasteiger partial charge is 0.273 e. The highest BCUT2D eigenvalue weighted by atomic mass is 35.5. The van der Waals surface area contributed by atoms with E-state index in [0.717, 1.165) is 17.5 Å². The van der Waals surface area contributed by atoms with E-state index in [4.69, 9.17) is 11.6 Å². The molecular weight excluding hydrogens is 356 g/mol. The van der Waals surface area contributed by atoms with Gasteiger partial charge in [-0.25, -0.2) is 21.8 Å². The van der Waals surface area contributed by atoms with E-state index in [1.165, 1.54) is 25.1 Å². The van der Waals surface area contributed by atoms with Crippen LogP contribution < -0.4 is 4.72 Å². The Morgan fingerprint density at radius 2 is 1.90 bits per heavy atom. The first-order valence-corrected chi connectivity index (χ1v) is 10.0. The molecule has 21 heavy (non-hydrogen) atoms. The molecule has 6 nitrogen and oxygen atoms in total. The van der Waals surface area contributed by atoms with Gasteiger partial charge in [-0.15, -0.1) is 0 Å². The zero-order chi connectivity index (χ0) is 15.7. The number of anilines is 1. The zero-order valence-electron chi connectivity index (χ0n) is 10.8. The minimum atomic E-state index is -3.93. The lowest BCUT2D eigenvalue weighted by Crippen LogP contribution is -2.15. The van der Waals surface area contributed by atoms with Crippen molar-refractivity contribution in [3.63, 3.8) is 0 Å². The van der Waals surface area contributed by atoms with Crippen LogP contribution in [0, 0.1) is 0 Å². The van der Waals surface area contributed by atoms with E-state index in [-0.39, 0.29) is 25.0 Å². The number of rotatable bonds is 5. The Bertz CT molecular complexity index is 859. The monoisotopic (exact) mass is 366 g/mol. The van der Waals surface area contributed by atoms with Gasteiger partial charge in [-0.1, -0.05) is 42.0 Å². The van der Waals surface area contributed by atoms with Crippen LogP contribution in [0.1, 0.15) is 6.92 Å². The molecule has 10 heteroatoms. The summed E-state index contributed by atoms with van der Waals surface area (Å²) in [5.74, 6) is -0.127. The van der Waals surface area contributed by atoms with Gasteiger partial charge in [0.2, 0.25) is 0 Å². The molecule has 0 saturated heterocycles. The number of nitrogens with one attached hydrogen (secondary N) is 1. The Labute approximate surface area is 131 Å². The summed E-state index contributed by atoms with van der Waals surface area (Å²) < 4.78 is 50.6. The molecule has 2 rings (SSSR count). The van der Waals surface area contributed by atoms with Crippen LogP contribution in [0.5, 0.6) is 0 Å². The third kappa shape index (κ3) is 3.54. The summed E-state index contributed by atoms with van der Waals surface area (Å²) in [5, 5.41) is 0. The normalized spacial score (nSPS) is 12.3. The van der Waals surface area contributed by atoms with Crippen LogP contribution in [0.25, 0.3) is 0 Å². The highest BCUT2D eigenvalue weighted by Crippen LogP contribution is 2.28. The van der Waals surface area contributed by atoms with E-state index >= 15 is 0 Å². The molecule has 0 aliphatic heterocycles. The third-order valence-electron chi connectivity index (χ3n) is 2.57. The predicted octanol–water partition coefficient (Wildman–Crippen LogP) is 2.39. The molecule has 114 valence electrons. The van der Waals surface area contributed by atoms with Crippen molar-refractivity contribution in [1.82, 2.24) is 4.98 Å². The second-order valence-electron chi connectivity index (χ2n) is 3.94. The number of sulfonamides is 1. The zero-order valence-corrected chi connectivity index (χ0v) is 14.0. The molecular formula is C11H11ClN2O4S3. The van der Waals surface area contributed by atoms with Crippen LogP contribution in [0.4, 0.5) is 5.69 Å². The summed E-state index contributed by atoms with van der Waals surface area (Å²) in [6.45, 7) is 1.49. The second kappa shape index (κ2) is 5.91. The molecule has 0 saturated carbocycles. The largest absolute Gasteiger partial charge is 0.278 e. The molecule has 0 fully saturated rings. The summed E-state index contributed by atoms with van der Waals surface area (Å²) in [7, 11) is -7.47. The van der Waals surface area contributed by atoms with Gasteiger partial charge in [0.1, 0.15) is 0 Å². The van der Waals surface area contributed by atoms with Crippen molar-refractivity contribution < 1.29 is 16.8 Å². The van der Waals surface area contributed by atoms with E-state index in [1.807, 2.05) is 0 Å². The molecule has 0 amide bonds. The van der Waals surface area contributed by atoms with E-state index in [9.17, 15) is 16.8 Å². The van der Waals surface area contributed by atoms with Gasteiger partial charge < -0.3 is 0 Å². The van der Waals surface area contributed by atoms with Gasteiger partial charge in [0.15, 0.2) is 18.5 Å². The summed E-state index contributed by atoms with van der Waals surface area (Å²) in [5.41, 5.74) is 0.00359. The molecule has 1 aromatic heterocycles. The van der Waals surface area contributed by atoms with Crippen molar-refractivity contribution in [3.05, 3.63) is 34.9 Å². The van der Waals surface area contributed by atoms with Crippen LogP contribution >= 0.6 is 22.9 Å².